The predicted molar refractivity (Wildman–Crippen MR) is 36.9 cm³/mol. The van der Waals surface area contributed by atoms with Gasteiger partial charge in [-0.2, -0.15) is 5.26 Å². The number of aliphatic hydroxyl groups is 1. The van der Waals surface area contributed by atoms with Crippen LogP contribution in [0, 0.1) is 11.3 Å². The minimum atomic E-state index is -3.04. The Hall–Kier alpha value is -0.360. The van der Waals surface area contributed by atoms with E-state index in [1.165, 1.54) is 6.66 Å². The highest BCUT2D eigenvalue weighted by Crippen LogP contribution is 2.35. The first-order valence-electron chi connectivity index (χ1n) is 2.82. The van der Waals surface area contributed by atoms with Gasteiger partial charge in [-0.05, 0) is 6.42 Å². The second kappa shape index (κ2) is 3.72. The van der Waals surface area contributed by atoms with Crippen molar-refractivity contribution in [1.29, 1.82) is 5.26 Å². The second-order valence-corrected chi connectivity index (χ2v) is 4.76. The molecular formula is C5H10NO3P. The summed E-state index contributed by atoms with van der Waals surface area (Å²) in [6.07, 6.45) is -1.04. The van der Waals surface area contributed by atoms with Gasteiger partial charge in [0.05, 0.1) is 6.07 Å². The van der Waals surface area contributed by atoms with Gasteiger partial charge in [0.2, 0.25) is 0 Å². The van der Waals surface area contributed by atoms with Crippen molar-refractivity contribution in [2.75, 3.05) is 12.8 Å². The highest BCUT2D eigenvalue weighted by Gasteiger charge is 2.12. The summed E-state index contributed by atoms with van der Waals surface area (Å²) in [5, 5.41) is 16.7. The van der Waals surface area contributed by atoms with Gasteiger partial charge in [0.15, 0.2) is 7.37 Å². The summed E-state index contributed by atoms with van der Waals surface area (Å²) in [5.74, 6) is 0. The SMILES string of the molecule is CP(=O)(O)CCC(O)C#N. The number of hydrogen-bond donors (Lipinski definition) is 2. The summed E-state index contributed by atoms with van der Waals surface area (Å²) in [4.78, 5) is 8.70. The molecule has 2 N–H and O–H groups in total. The molecule has 0 aliphatic rings. The van der Waals surface area contributed by atoms with E-state index in [0.29, 0.717) is 0 Å². The van der Waals surface area contributed by atoms with Gasteiger partial charge in [0.1, 0.15) is 6.10 Å². The molecule has 0 spiro atoms. The Bertz CT molecular complexity index is 180. The number of rotatable bonds is 3. The normalized spacial score (nSPS) is 19.0. The molecule has 0 aliphatic carbocycles. The van der Waals surface area contributed by atoms with Gasteiger partial charge in [0.25, 0.3) is 0 Å². The summed E-state index contributed by atoms with van der Waals surface area (Å²) in [6, 6.07) is 1.56. The van der Waals surface area contributed by atoms with Gasteiger partial charge >= 0.3 is 0 Å². The maximum Gasteiger partial charge on any atom is 0.197 e. The van der Waals surface area contributed by atoms with E-state index in [0.717, 1.165) is 0 Å². The second-order valence-electron chi connectivity index (χ2n) is 2.21. The van der Waals surface area contributed by atoms with Crippen LogP contribution < -0.4 is 0 Å². The zero-order valence-corrected chi connectivity index (χ0v) is 6.58. The lowest BCUT2D eigenvalue weighted by molar-refractivity contribution is 0.225. The highest BCUT2D eigenvalue weighted by atomic mass is 31.2. The lowest BCUT2D eigenvalue weighted by Gasteiger charge is -2.04. The number of nitrogens with zero attached hydrogens (tertiary/aromatic N) is 1. The Balaban J connectivity index is 3.58. The average molecular weight is 163 g/mol. The molecule has 0 bridgehead atoms. The van der Waals surface area contributed by atoms with Crippen LogP contribution in [0.25, 0.3) is 0 Å². The topological polar surface area (TPSA) is 81.3 Å². The van der Waals surface area contributed by atoms with Crippen LogP contribution in [-0.4, -0.2) is 28.9 Å². The molecule has 0 heterocycles. The number of hydrogen-bond acceptors (Lipinski definition) is 3. The summed E-state index contributed by atoms with van der Waals surface area (Å²) < 4.78 is 10.6. The molecule has 0 aromatic rings. The molecular weight excluding hydrogens is 153 g/mol. The maximum absolute atomic E-state index is 10.6. The van der Waals surface area contributed by atoms with Crippen molar-refractivity contribution in [3.05, 3.63) is 0 Å². The van der Waals surface area contributed by atoms with E-state index in [1.807, 2.05) is 0 Å². The first-order chi connectivity index (χ1) is 4.45. The quantitative estimate of drug-likeness (QED) is 0.458. The third kappa shape index (κ3) is 5.77. The van der Waals surface area contributed by atoms with E-state index in [1.54, 1.807) is 6.07 Å². The first kappa shape index (κ1) is 9.64. The molecule has 4 nitrogen and oxygen atoms in total. The predicted octanol–water partition coefficient (Wildman–Crippen LogP) is 0.161. The molecule has 10 heavy (non-hydrogen) atoms. The van der Waals surface area contributed by atoms with Gasteiger partial charge in [-0.1, -0.05) is 0 Å². The van der Waals surface area contributed by atoms with Crippen LogP contribution >= 0.6 is 7.37 Å². The van der Waals surface area contributed by atoms with Crippen LogP contribution in [0.2, 0.25) is 0 Å². The molecule has 2 atom stereocenters. The van der Waals surface area contributed by atoms with Gasteiger partial charge in [0, 0.05) is 12.8 Å². The van der Waals surface area contributed by atoms with E-state index < -0.39 is 13.5 Å². The molecule has 0 fully saturated rings. The average Bonchev–Trinajstić information content (AvgIpc) is 1.81. The minimum Gasteiger partial charge on any atom is -0.378 e. The van der Waals surface area contributed by atoms with Gasteiger partial charge < -0.3 is 10.00 Å². The smallest absolute Gasteiger partial charge is 0.197 e. The zero-order chi connectivity index (χ0) is 8.20. The van der Waals surface area contributed by atoms with Crippen molar-refractivity contribution in [2.24, 2.45) is 0 Å². The van der Waals surface area contributed by atoms with Crippen LogP contribution in [0.15, 0.2) is 0 Å². The molecule has 0 radical (unpaired) electrons. The molecule has 2 unspecified atom stereocenters. The summed E-state index contributed by atoms with van der Waals surface area (Å²) in [7, 11) is -3.04. The van der Waals surface area contributed by atoms with Crippen LogP contribution in [0.1, 0.15) is 6.42 Å². The lowest BCUT2D eigenvalue weighted by Crippen LogP contribution is -2.04. The van der Waals surface area contributed by atoms with Crippen molar-refractivity contribution >= 4 is 7.37 Å². The molecule has 0 amide bonds. The van der Waals surface area contributed by atoms with E-state index in [2.05, 4.69) is 0 Å². The molecule has 0 saturated heterocycles. The summed E-state index contributed by atoms with van der Waals surface area (Å²) in [5.41, 5.74) is 0. The van der Waals surface area contributed by atoms with Crippen molar-refractivity contribution in [1.82, 2.24) is 0 Å². The summed E-state index contributed by atoms with van der Waals surface area (Å²) in [6.45, 7) is 1.21. The highest BCUT2D eigenvalue weighted by molar-refractivity contribution is 7.57. The van der Waals surface area contributed by atoms with Crippen LogP contribution in [0.4, 0.5) is 0 Å². The third-order valence-corrected chi connectivity index (χ3v) is 2.05. The molecule has 0 aromatic carbocycles. The minimum absolute atomic E-state index is 0.00171. The van der Waals surface area contributed by atoms with Crippen LogP contribution in [0.5, 0.6) is 0 Å². The third-order valence-electron chi connectivity index (χ3n) is 0.966. The monoisotopic (exact) mass is 163 g/mol. The first-order valence-corrected chi connectivity index (χ1v) is 5.12. The maximum atomic E-state index is 10.6. The Morgan fingerprint density at radius 2 is 2.30 bits per heavy atom. The Labute approximate surface area is 59.6 Å². The van der Waals surface area contributed by atoms with Gasteiger partial charge in [-0.25, -0.2) is 0 Å². The fraction of sp³-hybridized carbons (Fsp3) is 0.800. The summed E-state index contributed by atoms with van der Waals surface area (Å²) >= 11 is 0. The number of nitriles is 1. The van der Waals surface area contributed by atoms with E-state index in [4.69, 9.17) is 15.3 Å². The molecule has 0 rings (SSSR count). The Morgan fingerprint density at radius 3 is 2.60 bits per heavy atom. The molecule has 0 aliphatic heterocycles. The van der Waals surface area contributed by atoms with Crippen LogP contribution in [0.3, 0.4) is 0 Å². The van der Waals surface area contributed by atoms with E-state index >= 15 is 0 Å². The van der Waals surface area contributed by atoms with Crippen molar-refractivity contribution in [3.63, 3.8) is 0 Å². The van der Waals surface area contributed by atoms with Crippen molar-refractivity contribution in [2.45, 2.75) is 12.5 Å². The Kier molecular flexibility index (Phi) is 3.59. The zero-order valence-electron chi connectivity index (χ0n) is 5.69. The fourth-order valence-electron chi connectivity index (χ4n) is 0.426. The molecule has 0 saturated carbocycles. The van der Waals surface area contributed by atoms with E-state index in [9.17, 15) is 4.57 Å². The Morgan fingerprint density at radius 1 is 1.80 bits per heavy atom. The number of aliphatic hydroxyl groups excluding tert-OH is 1. The molecule has 5 heteroatoms. The van der Waals surface area contributed by atoms with Crippen LogP contribution in [-0.2, 0) is 4.57 Å². The van der Waals surface area contributed by atoms with E-state index in [-0.39, 0.29) is 12.6 Å². The lowest BCUT2D eigenvalue weighted by atomic mass is 10.3. The molecule has 0 aromatic heterocycles. The van der Waals surface area contributed by atoms with Crippen molar-refractivity contribution < 1.29 is 14.6 Å². The molecule has 58 valence electrons. The fourth-order valence-corrected chi connectivity index (χ4v) is 1.15. The van der Waals surface area contributed by atoms with Crippen molar-refractivity contribution in [3.8, 4) is 6.07 Å². The standard InChI is InChI=1S/C5H10NO3P/c1-10(8,9)3-2-5(7)4-6/h5,7H,2-3H2,1H3,(H,8,9). The largest absolute Gasteiger partial charge is 0.378 e. The van der Waals surface area contributed by atoms with Gasteiger partial charge in [-0.3, -0.25) is 4.57 Å². The van der Waals surface area contributed by atoms with Gasteiger partial charge in [-0.15, -0.1) is 0 Å².